The number of aryl methyl sites for hydroxylation is 1. The van der Waals surface area contributed by atoms with E-state index in [4.69, 9.17) is 0 Å². The van der Waals surface area contributed by atoms with Crippen LogP contribution in [0, 0.1) is 18.8 Å². The van der Waals surface area contributed by atoms with Crippen LogP contribution in [0.1, 0.15) is 17.6 Å². The largest absolute Gasteiger partial charge is 0.316 e. The maximum absolute atomic E-state index is 4.43. The number of hydrogen-bond donors (Lipinski definition) is 2. The average molecular weight is 225 g/mol. The highest BCUT2D eigenvalue weighted by atomic mass is 32.1. The minimum absolute atomic E-state index is 0.769. The first kappa shape index (κ1) is 11.0. The van der Waals surface area contributed by atoms with Crippen molar-refractivity contribution in [2.45, 2.75) is 20.4 Å². The molecule has 1 aromatic rings. The Labute approximate surface area is 95.3 Å². The van der Waals surface area contributed by atoms with Gasteiger partial charge >= 0.3 is 0 Å². The molecule has 2 rings (SSSR count). The van der Waals surface area contributed by atoms with E-state index in [1.165, 1.54) is 18.8 Å². The van der Waals surface area contributed by atoms with Crippen molar-refractivity contribution in [1.29, 1.82) is 0 Å². The maximum Gasteiger partial charge on any atom is 0.0897 e. The Bertz CT molecular complexity index is 307. The minimum Gasteiger partial charge on any atom is -0.316 e. The molecular weight excluding hydrogens is 206 g/mol. The molecule has 2 heterocycles. The third-order valence-corrected chi connectivity index (χ3v) is 3.88. The molecule has 1 saturated heterocycles. The fourth-order valence-corrected chi connectivity index (χ4v) is 2.41. The molecule has 1 aliphatic rings. The topological polar surface area (TPSA) is 37.0 Å². The van der Waals surface area contributed by atoms with Crippen molar-refractivity contribution >= 4 is 11.3 Å². The lowest BCUT2D eigenvalue weighted by molar-refractivity contribution is 0.242. The molecule has 0 aliphatic carbocycles. The maximum atomic E-state index is 4.43. The van der Waals surface area contributed by atoms with Crippen LogP contribution >= 0.6 is 11.3 Å². The van der Waals surface area contributed by atoms with E-state index in [1.807, 2.05) is 0 Å². The predicted octanol–water partition coefficient (Wildman–Crippen LogP) is 1.40. The number of aromatic nitrogens is 1. The lowest BCUT2D eigenvalue weighted by Crippen LogP contribution is -2.47. The number of nitrogens with one attached hydrogen (secondary N) is 2. The van der Waals surface area contributed by atoms with Gasteiger partial charge in [0.25, 0.3) is 0 Å². The standard InChI is InChI=1S/C11H19N3S/c1-8(10-4-13-5-10)3-12-6-11-7-15-9(2)14-11/h7-8,10,12-13H,3-6H2,1-2H3. The molecule has 1 fully saturated rings. The molecule has 4 heteroatoms. The van der Waals surface area contributed by atoms with Gasteiger partial charge < -0.3 is 10.6 Å². The van der Waals surface area contributed by atoms with Crippen LogP contribution in [-0.4, -0.2) is 24.6 Å². The van der Waals surface area contributed by atoms with Crippen molar-refractivity contribution in [3.63, 3.8) is 0 Å². The van der Waals surface area contributed by atoms with Crippen molar-refractivity contribution < 1.29 is 0 Å². The van der Waals surface area contributed by atoms with E-state index in [-0.39, 0.29) is 0 Å². The zero-order valence-electron chi connectivity index (χ0n) is 9.42. The summed E-state index contributed by atoms with van der Waals surface area (Å²) < 4.78 is 0. The second-order valence-corrected chi connectivity index (χ2v) is 5.45. The molecule has 1 aliphatic heterocycles. The van der Waals surface area contributed by atoms with E-state index in [0.717, 1.165) is 29.9 Å². The van der Waals surface area contributed by atoms with E-state index in [2.05, 4.69) is 34.8 Å². The zero-order valence-corrected chi connectivity index (χ0v) is 10.2. The third kappa shape index (κ3) is 3.00. The van der Waals surface area contributed by atoms with Gasteiger partial charge in [0.15, 0.2) is 0 Å². The van der Waals surface area contributed by atoms with Crippen LogP contribution in [0.25, 0.3) is 0 Å². The summed E-state index contributed by atoms with van der Waals surface area (Å²) in [6.07, 6.45) is 0. The van der Waals surface area contributed by atoms with Gasteiger partial charge in [0, 0.05) is 11.9 Å². The Morgan fingerprint density at radius 2 is 2.47 bits per heavy atom. The van der Waals surface area contributed by atoms with Crippen molar-refractivity contribution in [2.24, 2.45) is 11.8 Å². The number of hydrogen-bond acceptors (Lipinski definition) is 4. The molecule has 1 aromatic heterocycles. The van der Waals surface area contributed by atoms with Crippen molar-refractivity contribution in [2.75, 3.05) is 19.6 Å². The molecule has 0 spiro atoms. The molecule has 0 aromatic carbocycles. The molecule has 84 valence electrons. The van der Waals surface area contributed by atoms with Gasteiger partial charge in [0.1, 0.15) is 0 Å². The van der Waals surface area contributed by atoms with Crippen LogP contribution in [0.15, 0.2) is 5.38 Å². The molecule has 0 saturated carbocycles. The Balaban J connectivity index is 1.65. The smallest absolute Gasteiger partial charge is 0.0897 e. The van der Waals surface area contributed by atoms with Crippen LogP contribution in [0.2, 0.25) is 0 Å². The Morgan fingerprint density at radius 3 is 3.00 bits per heavy atom. The van der Waals surface area contributed by atoms with Gasteiger partial charge in [-0.15, -0.1) is 11.3 Å². The zero-order chi connectivity index (χ0) is 10.7. The van der Waals surface area contributed by atoms with Gasteiger partial charge in [-0.1, -0.05) is 6.92 Å². The first-order valence-corrected chi connectivity index (χ1v) is 6.46. The SMILES string of the molecule is Cc1nc(CNCC(C)C2CNC2)cs1. The monoisotopic (exact) mass is 225 g/mol. The lowest BCUT2D eigenvalue weighted by atomic mass is 9.89. The molecular formula is C11H19N3S. The van der Waals surface area contributed by atoms with Gasteiger partial charge in [-0.05, 0) is 38.4 Å². The van der Waals surface area contributed by atoms with Gasteiger partial charge in [-0.25, -0.2) is 4.98 Å². The summed E-state index contributed by atoms with van der Waals surface area (Å²) >= 11 is 1.72. The van der Waals surface area contributed by atoms with Gasteiger partial charge in [-0.2, -0.15) is 0 Å². The van der Waals surface area contributed by atoms with Crippen LogP contribution in [0.5, 0.6) is 0 Å². The fraction of sp³-hybridized carbons (Fsp3) is 0.727. The lowest BCUT2D eigenvalue weighted by Gasteiger charge is -2.32. The summed E-state index contributed by atoms with van der Waals surface area (Å²) in [5, 5.41) is 10.1. The highest BCUT2D eigenvalue weighted by Gasteiger charge is 2.22. The quantitative estimate of drug-likeness (QED) is 0.795. The predicted molar refractivity (Wildman–Crippen MR) is 64.1 cm³/mol. The highest BCUT2D eigenvalue weighted by Crippen LogP contribution is 2.15. The van der Waals surface area contributed by atoms with Gasteiger partial charge in [-0.3, -0.25) is 0 Å². The molecule has 0 bridgehead atoms. The molecule has 0 amide bonds. The average Bonchev–Trinajstić information content (AvgIpc) is 2.48. The number of nitrogens with zero attached hydrogens (tertiary/aromatic N) is 1. The highest BCUT2D eigenvalue weighted by molar-refractivity contribution is 7.09. The van der Waals surface area contributed by atoms with E-state index < -0.39 is 0 Å². The fourth-order valence-electron chi connectivity index (χ4n) is 1.80. The summed E-state index contributed by atoms with van der Waals surface area (Å²) in [5.74, 6) is 1.64. The van der Waals surface area contributed by atoms with Gasteiger partial charge in [0.05, 0.1) is 10.7 Å². The summed E-state index contributed by atoms with van der Waals surface area (Å²) in [6, 6.07) is 0. The van der Waals surface area contributed by atoms with E-state index in [1.54, 1.807) is 11.3 Å². The minimum atomic E-state index is 0.769. The van der Waals surface area contributed by atoms with E-state index in [9.17, 15) is 0 Å². The number of rotatable bonds is 5. The molecule has 15 heavy (non-hydrogen) atoms. The molecule has 0 radical (unpaired) electrons. The summed E-state index contributed by atoms with van der Waals surface area (Å²) in [6.45, 7) is 8.77. The normalized spacial score (nSPS) is 18.8. The van der Waals surface area contributed by atoms with Gasteiger partial charge in [0.2, 0.25) is 0 Å². The first-order chi connectivity index (χ1) is 7.25. The summed E-state index contributed by atoms with van der Waals surface area (Å²) in [4.78, 5) is 4.43. The van der Waals surface area contributed by atoms with Crippen LogP contribution in [0.4, 0.5) is 0 Å². The van der Waals surface area contributed by atoms with Crippen LogP contribution in [0.3, 0.4) is 0 Å². The molecule has 2 N–H and O–H groups in total. The Morgan fingerprint density at radius 1 is 1.67 bits per heavy atom. The van der Waals surface area contributed by atoms with E-state index in [0.29, 0.717) is 0 Å². The second kappa shape index (κ2) is 5.05. The molecule has 3 nitrogen and oxygen atoms in total. The molecule has 1 atom stereocenters. The Hall–Kier alpha value is -0.450. The Kier molecular flexibility index (Phi) is 3.72. The first-order valence-electron chi connectivity index (χ1n) is 5.58. The van der Waals surface area contributed by atoms with Crippen LogP contribution < -0.4 is 10.6 Å². The van der Waals surface area contributed by atoms with Crippen LogP contribution in [-0.2, 0) is 6.54 Å². The van der Waals surface area contributed by atoms with Crippen molar-refractivity contribution in [3.8, 4) is 0 Å². The van der Waals surface area contributed by atoms with Crippen molar-refractivity contribution in [1.82, 2.24) is 15.6 Å². The summed E-state index contributed by atoms with van der Waals surface area (Å²) in [7, 11) is 0. The second-order valence-electron chi connectivity index (χ2n) is 4.38. The van der Waals surface area contributed by atoms with Crippen molar-refractivity contribution in [3.05, 3.63) is 16.1 Å². The number of thiazole rings is 1. The molecule has 1 unspecified atom stereocenters. The third-order valence-electron chi connectivity index (χ3n) is 3.06. The van der Waals surface area contributed by atoms with E-state index >= 15 is 0 Å². The summed E-state index contributed by atoms with van der Waals surface area (Å²) in [5.41, 5.74) is 1.18.